The Hall–Kier alpha value is -1.58. The van der Waals surface area contributed by atoms with Gasteiger partial charge in [0.25, 0.3) is 0 Å². The molecular formula is C13H17N3O2S. The van der Waals surface area contributed by atoms with Crippen molar-refractivity contribution >= 4 is 15.7 Å². The summed E-state index contributed by atoms with van der Waals surface area (Å²) in [6.07, 6.45) is 2.36. The van der Waals surface area contributed by atoms with Crippen molar-refractivity contribution in [3.8, 4) is 6.07 Å². The summed E-state index contributed by atoms with van der Waals surface area (Å²) in [6.45, 7) is 2.47. The lowest BCUT2D eigenvalue weighted by Crippen LogP contribution is -2.29. The van der Waals surface area contributed by atoms with Crippen LogP contribution in [-0.2, 0) is 10.0 Å². The Morgan fingerprint density at radius 1 is 1.53 bits per heavy atom. The second kappa shape index (κ2) is 5.19. The largest absolute Gasteiger partial charge is 0.398 e. The van der Waals surface area contributed by atoms with Gasteiger partial charge in [0.2, 0.25) is 10.0 Å². The van der Waals surface area contributed by atoms with Gasteiger partial charge < -0.3 is 5.73 Å². The average molecular weight is 279 g/mol. The van der Waals surface area contributed by atoms with E-state index in [0.29, 0.717) is 23.9 Å². The zero-order valence-corrected chi connectivity index (χ0v) is 11.6. The van der Waals surface area contributed by atoms with E-state index in [1.807, 2.05) is 13.0 Å². The minimum Gasteiger partial charge on any atom is -0.398 e. The zero-order valence-electron chi connectivity index (χ0n) is 10.8. The molecule has 1 atom stereocenters. The van der Waals surface area contributed by atoms with E-state index in [2.05, 4.69) is 4.72 Å². The van der Waals surface area contributed by atoms with Gasteiger partial charge >= 0.3 is 0 Å². The van der Waals surface area contributed by atoms with Gasteiger partial charge in [0.1, 0.15) is 4.90 Å². The molecule has 6 heteroatoms. The Bertz CT molecular complexity index is 615. The van der Waals surface area contributed by atoms with Crippen LogP contribution in [0.1, 0.15) is 25.3 Å². The maximum absolute atomic E-state index is 12.1. The molecule has 1 aliphatic rings. The van der Waals surface area contributed by atoms with E-state index < -0.39 is 10.0 Å². The van der Waals surface area contributed by atoms with E-state index in [1.165, 1.54) is 31.0 Å². The van der Waals surface area contributed by atoms with Crippen molar-refractivity contribution in [3.63, 3.8) is 0 Å². The summed E-state index contributed by atoms with van der Waals surface area (Å²) in [5.41, 5.74) is 6.14. The molecule has 2 rings (SSSR count). The van der Waals surface area contributed by atoms with Gasteiger partial charge in [-0.2, -0.15) is 5.26 Å². The van der Waals surface area contributed by atoms with Crippen molar-refractivity contribution < 1.29 is 8.42 Å². The quantitative estimate of drug-likeness (QED) is 0.798. The van der Waals surface area contributed by atoms with Crippen LogP contribution in [0.4, 0.5) is 5.69 Å². The van der Waals surface area contributed by atoms with Crippen molar-refractivity contribution in [2.24, 2.45) is 11.8 Å². The molecule has 1 unspecified atom stereocenters. The number of nitrogens with two attached hydrogens (primary N) is 1. The predicted octanol–water partition coefficient (Wildman–Crippen LogP) is 1.46. The fourth-order valence-corrected chi connectivity index (χ4v) is 3.27. The van der Waals surface area contributed by atoms with Gasteiger partial charge in [-0.1, -0.05) is 6.92 Å². The average Bonchev–Trinajstić information content (AvgIpc) is 3.19. The molecule has 0 saturated heterocycles. The smallest absolute Gasteiger partial charge is 0.242 e. The summed E-state index contributed by atoms with van der Waals surface area (Å²) in [5.74, 6) is 0.982. The van der Waals surface area contributed by atoms with Crippen molar-refractivity contribution in [2.75, 3.05) is 12.3 Å². The van der Waals surface area contributed by atoms with Crippen LogP contribution in [-0.4, -0.2) is 15.0 Å². The highest BCUT2D eigenvalue weighted by Crippen LogP contribution is 2.36. The molecule has 19 heavy (non-hydrogen) atoms. The molecule has 1 aromatic carbocycles. The van der Waals surface area contributed by atoms with Crippen LogP contribution in [0.5, 0.6) is 0 Å². The first-order valence-electron chi connectivity index (χ1n) is 6.23. The van der Waals surface area contributed by atoms with Gasteiger partial charge in [-0.15, -0.1) is 0 Å². The Morgan fingerprint density at radius 3 is 2.74 bits per heavy atom. The molecule has 0 aromatic heterocycles. The Balaban J connectivity index is 2.12. The molecule has 1 saturated carbocycles. The highest BCUT2D eigenvalue weighted by molar-refractivity contribution is 7.89. The molecule has 1 aliphatic carbocycles. The maximum Gasteiger partial charge on any atom is 0.242 e. The topological polar surface area (TPSA) is 96.0 Å². The number of benzene rings is 1. The summed E-state index contributed by atoms with van der Waals surface area (Å²) < 4.78 is 26.8. The van der Waals surface area contributed by atoms with Crippen molar-refractivity contribution in [1.29, 1.82) is 5.26 Å². The van der Waals surface area contributed by atoms with Gasteiger partial charge in [0.15, 0.2) is 0 Å². The normalized spacial score (nSPS) is 16.8. The number of nitrogens with one attached hydrogen (secondary N) is 1. The molecule has 5 nitrogen and oxygen atoms in total. The molecule has 1 fully saturated rings. The minimum absolute atomic E-state index is 0.0366. The lowest BCUT2D eigenvalue weighted by Gasteiger charge is -2.13. The third-order valence-electron chi connectivity index (χ3n) is 3.45. The second-order valence-corrected chi connectivity index (χ2v) is 6.77. The van der Waals surface area contributed by atoms with Crippen molar-refractivity contribution in [2.45, 2.75) is 24.7 Å². The second-order valence-electron chi connectivity index (χ2n) is 5.03. The van der Waals surface area contributed by atoms with Gasteiger partial charge in [0, 0.05) is 6.54 Å². The number of anilines is 1. The summed E-state index contributed by atoms with van der Waals surface area (Å²) in [5, 5.41) is 8.73. The number of hydrogen-bond acceptors (Lipinski definition) is 4. The van der Waals surface area contributed by atoms with Crippen LogP contribution in [0, 0.1) is 23.2 Å². The molecule has 1 aromatic rings. The number of sulfonamides is 1. The number of hydrogen-bond donors (Lipinski definition) is 2. The lowest BCUT2D eigenvalue weighted by atomic mass is 10.1. The molecule has 0 aliphatic heterocycles. The van der Waals surface area contributed by atoms with E-state index in [-0.39, 0.29) is 10.6 Å². The van der Waals surface area contributed by atoms with E-state index in [4.69, 9.17) is 11.0 Å². The third kappa shape index (κ3) is 3.25. The number of rotatable bonds is 5. The SMILES string of the molecule is CC(CNS(=O)(=O)c1ccc(C#N)cc1N)C1CC1. The van der Waals surface area contributed by atoms with Gasteiger partial charge in [-0.05, 0) is 42.9 Å². The van der Waals surface area contributed by atoms with Gasteiger partial charge in [-0.3, -0.25) is 0 Å². The number of nitrogen functional groups attached to an aromatic ring is 1. The van der Waals surface area contributed by atoms with E-state index >= 15 is 0 Å². The van der Waals surface area contributed by atoms with Crippen molar-refractivity contribution in [1.82, 2.24) is 4.72 Å². The van der Waals surface area contributed by atoms with E-state index in [9.17, 15) is 8.42 Å². The minimum atomic E-state index is -3.60. The highest BCUT2D eigenvalue weighted by atomic mass is 32.2. The number of nitriles is 1. The fraction of sp³-hybridized carbons (Fsp3) is 0.462. The Labute approximate surface area is 113 Å². The zero-order chi connectivity index (χ0) is 14.0. The van der Waals surface area contributed by atoms with Crippen LogP contribution in [0.25, 0.3) is 0 Å². The first-order chi connectivity index (χ1) is 8.94. The molecular weight excluding hydrogens is 262 g/mol. The van der Waals surface area contributed by atoms with Crippen LogP contribution >= 0.6 is 0 Å². The highest BCUT2D eigenvalue weighted by Gasteiger charge is 2.29. The summed E-state index contributed by atoms with van der Waals surface area (Å²) in [6, 6.07) is 6.13. The van der Waals surface area contributed by atoms with Crippen LogP contribution in [0.15, 0.2) is 23.1 Å². The van der Waals surface area contributed by atoms with Crippen LogP contribution in [0.3, 0.4) is 0 Å². The van der Waals surface area contributed by atoms with Crippen LogP contribution < -0.4 is 10.5 Å². The molecule has 0 bridgehead atoms. The van der Waals surface area contributed by atoms with E-state index in [1.54, 1.807) is 0 Å². The summed E-state index contributed by atoms with van der Waals surface area (Å²) >= 11 is 0. The number of nitrogens with zero attached hydrogens (tertiary/aromatic N) is 1. The van der Waals surface area contributed by atoms with Crippen molar-refractivity contribution in [3.05, 3.63) is 23.8 Å². The molecule has 102 valence electrons. The molecule has 0 radical (unpaired) electrons. The third-order valence-corrected chi connectivity index (χ3v) is 4.95. The van der Waals surface area contributed by atoms with E-state index in [0.717, 1.165) is 0 Å². The lowest BCUT2D eigenvalue weighted by molar-refractivity contribution is 0.492. The predicted molar refractivity (Wildman–Crippen MR) is 72.6 cm³/mol. The first-order valence-corrected chi connectivity index (χ1v) is 7.71. The molecule has 0 spiro atoms. The fourth-order valence-electron chi connectivity index (χ4n) is 2.01. The summed E-state index contributed by atoms with van der Waals surface area (Å²) in [7, 11) is -3.60. The van der Waals surface area contributed by atoms with Gasteiger partial charge in [-0.25, -0.2) is 13.1 Å². The van der Waals surface area contributed by atoms with Crippen LogP contribution in [0.2, 0.25) is 0 Å². The molecule has 0 heterocycles. The maximum atomic E-state index is 12.1. The monoisotopic (exact) mass is 279 g/mol. The standard InChI is InChI=1S/C13H17N3O2S/c1-9(11-3-4-11)8-16-19(17,18)13-5-2-10(7-14)6-12(13)15/h2,5-6,9,11,16H,3-4,8,15H2,1H3. The summed E-state index contributed by atoms with van der Waals surface area (Å²) in [4.78, 5) is 0.0366. The first kappa shape index (κ1) is 13.8. The molecule has 3 N–H and O–H groups in total. The Morgan fingerprint density at radius 2 is 2.21 bits per heavy atom. The molecule has 0 amide bonds. The Kier molecular flexibility index (Phi) is 3.78. The van der Waals surface area contributed by atoms with Gasteiger partial charge in [0.05, 0.1) is 17.3 Å².